The number of nitrogens with zero attached hydrogens (tertiary/aromatic N) is 2. The van der Waals surface area contributed by atoms with E-state index >= 15 is 0 Å². The lowest BCUT2D eigenvalue weighted by Gasteiger charge is -2.14. The van der Waals surface area contributed by atoms with Crippen molar-refractivity contribution in [1.82, 2.24) is 4.57 Å². The van der Waals surface area contributed by atoms with Crippen molar-refractivity contribution in [3.8, 4) is 0 Å². The number of carbonyl (C=O) groups is 2. The number of aromatic nitrogens is 1. The molecule has 1 aromatic heterocycles. The van der Waals surface area contributed by atoms with Crippen molar-refractivity contribution < 1.29 is 19.2 Å². The van der Waals surface area contributed by atoms with Crippen LogP contribution in [0.25, 0.3) is 10.9 Å². The van der Waals surface area contributed by atoms with Crippen LogP contribution < -0.4 is 5.32 Å². The summed E-state index contributed by atoms with van der Waals surface area (Å²) in [5.74, 6) is -1.31. The molecular weight excluding hydrogens is 386 g/mol. The van der Waals surface area contributed by atoms with E-state index < -0.39 is 22.9 Å². The van der Waals surface area contributed by atoms with Gasteiger partial charge in [0.05, 0.1) is 21.2 Å². The molecule has 1 atom stereocenters. The zero-order chi connectivity index (χ0) is 20.4. The van der Waals surface area contributed by atoms with Crippen molar-refractivity contribution in [3.63, 3.8) is 0 Å². The van der Waals surface area contributed by atoms with E-state index in [2.05, 4.69) is 5.32 Å². The van der Waals surface area contributed by atoms with Gasteiger partial charge in [-0.15, -0.1) is 0 Å². The summed E-state index contributed by atoms with van der Waals surface area (Å²) in [6, 6.07) is 11.0. The monoisotopic (exact) mass is 401 g/mol. The van der Waals surface area contributed by atoms with Crippen LogP contribution in [-0.2, 0) is 16.6 Å². The summed E-state index contributed by atoms with van der Waals surface area (Å²) in [4.78, 5) is 35.2. The number of aryl methyl sites for hydroxylation is 1. The predicted molar refractivity (Wildman–Crippen MR) is 105 cm³/mol. The van der Waals surface area contributed by atoms with Gasteiger partial charge < -0.3 is 14.6 Å². The minimum atomic E-state index is -1.14. The number of esters is 1. The molecule has 1 heterocycles. The van der Waals surface area contributed by atoms with E-state index in [4.69, 9.17) is 16.3 Å². The van der Waals surface area contributed by atoms with Gasteiger partial charge in [-0.1, -0.05) is 29.8 Å². The van der Waals surface area contributed by atoms with E-state index in [0.717, 1.165) is 11.6 Å². The highest BCUT2D eigenvalue weighted by Crippen LogP contribution is 2.27. The summed E-state index contributed by atoms with van der Waals surface area (Å²) in [7, 11) is 1.81. The van der Waals surface area contributed by atoms with E-state index in [0.29, 0.717) is 10.9 Å². The Morgan fingerprint density at radius 3 is 2.68 bits per heavy atom. The average Bonchev–Trinajstić information content (AvgIpc) is 3.00. The highest BCUT2D eigenvalue weighted by atomic mass is 35.5. The second kappa shape index (κ2) is 7.69. The van der Waals surface area contributed by atoms with E-state index in [1.54, 1.807) is 29.9 Å². The third-order valence-electron chi connectivity index (χ3n) is 4.19. The summed E-state index contributed by atoms with van der Waals surface area (Å²) >= 11 is 5.97. The largest absolute Gasteiger partial charge is 0.449 e. The maximum Gasteiger partial charge on any atom is 0.341 e. The zero-order valence-electron chi connectivity index (χ0n) is 15.0. The average molecular weight is 402 g/mol. The van der Waals surface area contributed by atoms with Crippen LogP contribution in [0.15, 0.2) is 48.7 Å². The fourth-order valence-electron chi connectivity index (χ4n) is 2.74. The minimum Gasteiger partial charge on any atom is -0.449 e. The van der Waals surface area contributed by atoms with Gasteiger partial charge in [-0.25, -0.2) is 4.79 Å². The molecule has 9 heteroatoms. The van der Waals surface area contributed by atoms with Crippen molar-refractivity contribution in [1.29, 1.82) is 0 Å². The summed E-state index contributed by atoms with van der Waals surface area (Å²) in [6.07, 6.45) is 0.497. The summed E-state index contributed by atoms with van der Waals surface area (Å²) in [6.45, 7) is 1.41. The topological polar surface area (TPSA) is 103 Å². The number of hydrogen-bond acceptors (Lipinski definition) is 5. The maximum absolute atomic E-state index is 12.5. The van der Waals surface area contributed by atoms with Crippen molar-refractivity contribution in [3.05, 3.63) is 69.4 Å². The SMILES string of the molecule is CC(OC(=O)c1cn(C)c2ccccc12)C(=O)Nc1cc([N+](=O)[O-])ccc1Cl. The Bertz CT molecular complexity index is 1090. The van der Waals surface area contributed by atoms with Gasteiger partial charge in [-0.05, 0) is 19.1 Å². The summed E-state index contributed by atoms with van der Waals surface area (Å²) in [5, 5.41) is 14.2. The molecule has 0 spiro atoms. The molecule has 0 aliphatic carbocycles. The Morgan fingerprint density at radius 1 is 1.25 bits per heavy atom. The number of benzene rings is 2. The first-order chi connectivity index (χ1) is 13.3. The number of amides is 1. The smallest absolute Gasteiger partial charge is 0.341 e. The van der Waals surface area contributed by atoms with Crippen LogP contribution in [0.1, 0.15) is 17.3 Å². The first-order valence-electron chi connectivity index (χ1n) is 8.27. The number of carbonyl (C=O) groups excluding carboxylic acids is 2. The third-order valence-corrected chi connectivity index (χ3v) is 4.52. The molecule has 0 radical (unpaired) electrons. The maximum atomic E-state index is 12.5. The van der Waals surface area contributed by atoms with E-state index in [9.17, 15) is 19.7 Å². The molecular formula is C19H16ClN3O5. The lowest BCUT2D eigenvalue weighted by molar-refractivity contribution is -0.384. The van der Waals surface area contributed by atoms with E-state index in [-0.39, 0.29) is 16.4 Å². The van der Waals surface area contributed by atoms with Crippen LogP contribution in [0.2, 0.25) is 5.02 Å². The van der Waals surface area contributed by atoms with E-state index in [1.807, 2.05) is 12.1 Å². The number of nitro benzene ring substituents is 1. The van der Waals surface area contributed by atoms with Crippen molar-refractivity contribution in [2.24, 2.45) is 7.05 Å². The number of halogens is 1. The standard InChI is InChI=1S/C19H16ClN3O5/c1-11(18(24)21-16-9-12(23(26)27)7-8-15(16)20)28-19(25)14-10-22(2)17-6-4-3-5-13(14)17/h3-11H,1-2H3,(H,21,24). The summed E-state index contributed by atoms with van der Waals surface area (Å²) in [5.41, 5.74) is 1.04. The molecule has 1 N–H and O–H groups in total. The molecule has 0 fully saturated rings. The fourth-order valence-corrected chi connectivity index (χ4v) is 2.90. The normalized spacial score (nSPS) is 11.8. The second-order valence-corrected chi connectivity index (χ2v) is 6.54. The third kappa shape index (κ3) is 3.81. The van der Waals surface area contributed by atoms with E-state index in [1.165, 1.54) is 19.1 Å². The van der Waals surface area contributed by atoms with Crippen LogP contribution in [-0.4, -0.2) is 27.5 Å². The molecule has 0 saturated carbocycles. The highest BCUT2D eigenvalue weighted by molar-refractivity contribution is 6.33. The zero-order valence-corrected chi connectivity index (χ0v) is 15.8. The number of fused-ring (bicyclic) bond motifs is 1. The Kier molecular flexibility index (Phi) is 5.32. The second-order valence-electron chi connectivity index (χ2n) is 6.13. The van der Waals surface area contributed by atoms with Gasteiger partial charge in [0.25, 0.3) is 11.6 Å². The van der Waals surface area contributed by atoms with Gasteiger partial charge in [0.1, 0.15) is 0 Å². The van der Waals surface area contributed by atoms with Gasteiger partial charge >= 0.3 is 5.97 Å². The summed E-state index contributed by atoms with van der Waals surface area (Å²) < 4.78 is 7.06. The number of nitrogens with one attached hydrogen (secondary N) is 1. The first kappa shape index (κ1) is 19.4. The molecule has 8 nitrogen and oxygen atoms in total. The number of hydrogen-bond donors (Lipinski definition) is 1. The molecule has 0 saturated heterocycles. The van der Waals surface area contributed by atoms with Crippen LogP contribution in [0.4, 0.5) is 11.4 Å². The molecule has 144 valence electrons. The number of anilines is 1. The molecule has 28 heavy (non-hydrogen) atoms. The van der Waals surface area contributed by atoms with Crippen molar-refractivity contribution in [2.75, 3.05) is 5.32 Å². The van der Waals surface area contributed by atoms with Gasteiger partial charge in [0, 0.05) is 36.3 Å². The molecule has 1 amide bonds. The molecule has 0 aliphatic rings. The lowest BCUT2D eigenvalue weighted by Crippen LogP contribution is -2.30. The fraction of sp³-hybridized carbons (Fsp3) is 0.158. The molecule has 3 aromatic rings. The number of rotatable bonds is 5. The van der Waals surface area contributed by atoms with Crippen molar-refractivity contribution >= 4 is 45.8 Å². The molecule has 0 aliphatic heterocycles. The Morgan fingerprint density at radius 2 is 1.96 bits per heavy atom. The molecule has 1 unspecified atom stereocenters. The van der Waals surface area contributed by atoms with Gasteiger partial charge in [0.15, 0.2) is 6.10 Å². The minimum absolute atomic E-state index is 0.0638. The van der Waals surface area contributed by atoms with Crippen LogP contribution in [0.5, 0.6) is 0 Å². The van der Waals surface area contributed by atoms with Crippen LogP contribution in [0.3, 0.4) is 0 Å². The number of non-ortho nitro benzene ring substituents is 1. The number of nitro groups is 1. The van der Waals surface area contributed by atoms with Gasteiger partial charge in [-0.2, -0.15) is 0 Å². The van der Waals surface area contributed by atoms with Crippen LogP contribution >= 0.6 is 11.6 Å². The lowest BCUT2D eigenvalue weighted by atomic mass is 10.2. The Labute approximate surface area is 164 Å². The van der Waals surface area contributed by atoms with Crippen LogP contribution in [0, 0.1) is 10.1 Å². The van der Waals surface area contributed by atoms with Gasteiger partial charge in [0.2, 0.25) is 0 Å². The van der Waals surface area contributed by atoms with Gasteiger partial charge in [-0.3, -0.25) is 14.9 Å². The molecule has 2 aromatic carbocycles. The predicted octanol–water partition coefficient (Wildman–Crippen LogP) is 3.92. The molecule has 3 rings (SSSR count). The van der Waals surface area contributed by atoms with Crippen molar-refractivity contribution in [2.45, 2.75) is 13.0 Å². The number of ether oxygens (including phenoxy) is 1. The quantitative estimate of drug-likeness (QED) is 0.396. The Balaban J connectivity index is 1.74. The molecule has 0 bridgehead atoms. The Hall–Kier alpha value is -3.39. The highest BCUT2D eigenvalue weighted by Gasteiger charge is 2.23. The first-order valence-corrected chi connectivity index (χ1v) is 8.65. The number of para-hydroxylation sites is 1.